The Kier molecular flexibility index (Phi) is 1.37. The lowest BCUT2D eigenvalue weighted by atomic mass is 10.0. The summed E-state index contributed by atoms with van der Waals surface area (Å²) in [5.74, 6) is 0. The van der Waals surface area contributed by atoms with E-state index < -0.39 is 0 Å². The maximum atomic E-state index is 4.49. The van der Waals surface area contributed by atoms with Crippen LogP contribution in [0.15, 0.2) is 0 Å². The van der Waals surface area contributed by atoms with Crippen molar-refractivity contribution in [3.8, 4) is 0 Å². The van der Waals surface area contributed by atoms with Gasteiger partial charge >= 0.3 is 0 Å². The van der Waals surface area contributed by atoms with Gasteiger partial charge in [-0.15, -0.1) is 0 Å². The van der Waals surface area contributed by atoms with Crippen LogP contribution in [0.3, 0.4) is 0 Å². The molecule has 3 rings (SSSR count). The van der Waals surface area contributed by atoms with Gasteiger partial charge in [0.25, 0.3) is 0 Å². The van der Waals surface area contributed by atoms with E-state index in [1.54, 1.807) is 0 Å². The van der Waals surface area contributed by atoms with E-state index in [1.807, 2.05) is 0 Å². The third-order valence-electron chi connectivity index (χ3n) is 3.42. The van der Waals surface area contributed by atoms with Gasteiger partial charge in [0.2, 0.25) is 0 Å². The maximum Gasteiger partial charge on any atom is 0.0644 e. The lowest BCUT2D eigenvalue weighted by molar-refractivity contribution is 0.497. The molecule has 3 heteroatoms. The van der Waals surface area contributed by atoms with Crippen molar-refractivity contribution in [1.82, 2.24) is 15.1 Å². The molecule has 1 aromatic heterocycles. The molecule has 2 bridgehead atoms. The molecule has 0 radical (unpaired) electrons. The first-order valence-electron chi connectivity index (χ1n) is 5.04. The molecule has 0 unspecified atom stereocenters. The van der Waals surface area contributed by atoms with Gasteiger partial charge in [-0.1, -0.05) is 0 Å². The van der Waals surface area contributed by atoms with E-state index in [0.717, 1.165) is 0 Å². The molecule has 0 saturated carbocycles. The Balaban J connectivity index is 2.18. The summed E-state index contributed by atoms with van der Waals surface area (Å²) in [5.41, 5.74) is 4.16. The largest absolute Gasteiger partial charge is 0.307 e. The van der Waals surface area contributed by atoms with Crippen LogP contribution in [0.4, 0.5) is 0 Å². The van der Waals surface area contributed by atoms with Crippen LogP contribution in [0, 0.1) is 6.92 Å². The SMILES string of the molecule is Cc1nn(C)c2c1[C@H]1CC[C@@H](C2)N1. The first-order chi connectivity index (χ1) is 6.25. The van der Waals surface area contributed by atoms with Gasteiger partial charge in [0.05, 0.1) is 5.69 Å². The van der Waals surface area contributed by atoms with Crippen molar-refractivity contribution in [1.29, 1.82) is 0 Å². The Morgan fingerprint density at radius 2 is 2.31 bits per heavy atom. The number of rotatable bonds is 0. The average molecular weight is 177 g/mol. The van der Waals surface area contributed by atoms with Crippen LogP contribution < -0.4 is 5.32 Å². The number of hydrogen-bond donors (Lipinski definition) is 1. The summed E-state index contributed by atoms with van der Waals surface area (Å²) in [6, 6.07) is 1.31. The molecule has 0 spiro atoms. The molecule has 70 valence electrons. The molecule has 1 fully saturated rings. The summed E-state index contributed by atoms with van der Waals surface area (Å²) in [4.78, 5) is 0. The van der Waals surface area contributed by atoms with Gasteiger partial charge in [0.15, 0.2) is 0 Å². The third-order valence-corrected chi connectivity index (χ3v) is 3.42. The molecular formula is C10H15N3. The molecule has 1 N–H and O–H groups in total. The second-order valence-corrected chi connectivity index (χ2v) is 4.27. The Morgan fingerprint density at radius 1 is 1.46 bits per heavy atom. The van der Waals surface area contributed by atoms with Gasteiger partial charge in [-0.3, -0.25) is 4.68 Å². The lowest BCUT2D eigenvalue weighted by Crippen LogP contribution is -2.32. The van der Waals surface area contributed by atoms with Crippen LogP contribution in [0.2, 0.25) is 0 Å². The number of nitrogens with one attached hydrogen (secondary N) is 1. The lowest BCUT2D eigenvalue weighted by Gasteiger charge is -2.22. The Labute approximate surface area is 78.1 Å². The van der Waals surface area contributed by atoms with E-state index in [4.69, 9.17) is 0 Å². The highest BCUT2D eigenvalue weighted by Gasteiger charge is 2.35. The predicted molar refractivity (Wildman–Crippen MR) is 50.5 cm³/mol. The predicted octanol–water partition coefficient (Wildman–Crippen LogP) is 1.08. The first kappa shape index (κ1) is 7.56. The van der Waals surface area contributed by atoms with Crippen LogP contribution in [0.25, 0.3) is 0 Å². The molecule has 3 heterocycles. The van der Waals surface area contributed by atoms with Crippen LogP contribution >= 0.6 is 0 Å². The first-order valence-corrected chi connectivity index (χ1v) is 5.04. The fourth-order valence-electron chi connectivity index (χ4n) is 2.86. The molecular weight excluding hydrogens is 162 g/mol. The Hall–Kier alpha value is -0.830. The molecule has 1 aromatic rings. The van der Waals surface area contributed by atoms with Crippen LogP contribution in [-0.4, -0.2) is 15.8 Å². The highest BCUT2D eigenvalue weighted by atomic mass is 15.3. The third kappa shape index (κ3) is 0.908. The smallest absolute Gasteiger partial charge is 0.0644 e. The van der Waals surface area contributed by atoms with E-state index in [-0.39, 0.29) is 0 Å². The average Bonchev–Trinajstić information content (AvgIpc) is 2.58. The molecule has 0 aromatic carbocycles. The van der Waals surface area contributed by atoms with Crippen molar-refractivity contribution in [3.63, 3.8) is 0 Å². The van der Waals surface area contributed by atoms with Crippen LogP contribution in [-0.2, 0) is 13.5 Å². The summed E-state index contributed by atoms with van der Waals surface area (Å²) < 4.78 is 2.07. The summed E-state index contributed by atoms with van der Waals surface area (Å²) in [5, 5.41) is 8.14. The van der Waals surface area contributed by atoms with Crippen LogP contribution in [0.5, 0.6) is 0 Å². The number of fused-ring (bicyclic) bond motifs is 4. The minimum absolute atomic E-state index is 0.599. The van der Waals surface area contributed by atoms with Crippen molar-refractivity contribution in [3.05, 3.63) is 17.0 Å². The van der Waals surface area contributed by atoms with Crippen molar-refractivity contribution in [2.45, 2.75) is 38.3 Å². The van der Waals surface area contributed by atoms with Crippen LogP contribution in [0.1, 0.15) is 35.8 Å². The molecule has 13 heavy (non-hydrogen) atoms. The minimum atomic E-state index is 0.599. The molecule has 2 atom stereocenters. The van der Waals surface area contributed by atoms with E-state index in [2.05, 4.69) is 29.1 Å². The Morgan fingerprint density at radius 3 is 3.15 bits per heavy atom. The Bertz CT molecular complexity index is 353. The van der Waals surface area contributed by atoms with Gasteiger partial charge in [-0.05, 0) is 19.8 Å². The fraction of sp³-hybridized carbons (Fsp3) is 0.700. The second kappa shape index (κ2) is 2.35. The molecule has 1 saturated heterocycles. The van der Waals surface area contributed by atoms with Gasteiger partial charge in [-0.25, -0.2) is 0 Å². The van der Waals surface area contributed by atoms with Gasteiger partial charge < -0.3 is 5.32 Å². The van der Waals surface area contributed by atoms with Crippen molar-refractivity contribution in [2.75, 3.05) is 0 Å². The highest BCUT2D eigenvalue weighted by molar-refractivity contribution is 5.34. The van der Waals surface area contributed by atoms with Crippen molar-refractivity contribution < 1.29 is 0 Å². The number of nitrogens with zero attached hydrogens (tertiary/aromatic N) is 2. The standard InChI is InChI=1S/C10H15N3/c1-6-10-8-4-3-7(11-8)5-9(10)13(2)12-6/h7-8,11H,3-5H2,1-2H3/t7-,8+/m0/s1. The van der Waals surface area contributed by atoms with Crippen molar-refractivity contribution in [2.24, 2.45) is 7.05 Å². The molecule has 2 aliphatic heterocycles. The van der Waals surface area contributed by atoms with Gasteiger partial charge in [0.1, 0.15) is 0 Å². The summed E-state index contributed by atoms with van der Waals surface area (Å²) in [6.07, 6.45) is 3.80. The molecule has 3 nitrogen and oxygen atoms in total. The highest BCUT2D eigenvalue weighted by Crippen LogP contribution is 2.37. The molecule has 0 amide bonds. The second-order valence-electron chi connectivity index (χ2n) is 4.27. The van der Waals surface area contributed by atoms with E-state index in [0.29, 0.717) is 12.1 Å². The monoisotopic (exact) mass is 177 g/mol. The molecule has 0 aliphatic carbocycles. The molecule has 2 aliphatic rings. The zero-order valence-electron chi connectivity index (χ0n) is 8.17. The van der Waals surface area contributed by atoms with E-state index >= 15 is 0 Å². The zero-order chi connectivity index (χ0) is 9.00. The topological polar surface area (TPSA) is 29.9 Å². The van der Waals surface area contributed by atoms with Gasteiger partial charge in [-0.2, -0.15) is 5.10 Å². The summed E-state index contributed by atoms with van der Waals surface area (Å²) in [7, 11) is 2.07. The minimum Gasteiger partial charge on any atom is -0.307 e. The van der Waals surface area contributed by atoms with Crippen molar-refractivity contribution >= 4 is 0 Å². The normalized spacial score (nSPS) is 30.6. The number of hydrogen-bond acceptors (Lipinski definition) is 2. The quantitative estimate of drug-likeness (QED) is 0.642. The summed E-state index contributed by atoms with van der Waals surface area (Å²) in [6.45, 7) is 2.12. The zero-order valence-corrected chi connectivity index (χ0v) is 8.17. The van der Waals surface area contributed by atoms with E-state index in [9.17, 15) is 0 Å². The number of aryl methyl sites for hydroxylation is 2. The fourth-order valence-corrected chi connectivity index (χ4v) is 2.86. The van der Waals surface area contributed by atoms with E-state index in [1.165, 1.54) is 36.2 Å². The number of aromatic nitrogens is 2. The van der Waals surface area contributed by atoms with Gasteiger partial charge in [0, 0.05) is 36.8 Å². The summed E-state index contributed by atoms with van der Waals surface area (Å²) >= 11 is 0. The maximum absolute atomic E-state index is 4.49.